The average Bonchev–Trinajstić information content (AvgIpc) is 2.62. The number of hydrogen-bond acceptors (Lipinski definition) is 3. The van der Waals surface area contributed by atoms with Gasteiger partial charge in [-0.1, -0.05) is 42.0 Å². The van der Waals surface area contributed by atoms with Crippen LogP contribution in [0.1, 0.15) is 21.5 Å². The summed E-state index contributed by atoms with van der Waals surface area (Å²) in [6, 6.07) is 19.3. The van der Waals surface area contributed by atoms with E-state index < -0.39 is 0 Å². The Labute approximate surface area is 155 Å². The highest BCUT2D eigenvalue weighted by Gasteiger charge is 2.08. The molecule has 1 heterocycles. The zero-order valence-electron chi connectivity index (χ0n) is 13.8. The van der Waals surface area contributed by atoms with Crippen LogP contribution in [0.15, 0.2) is 71.3 Å². The highest BCUT2D eigenvalue weighted by molar-refractivity contribution is 9.10. The van der Waals surface area contributed by atoms with Gasteiger partial charge in [0.2, 0.25) is 0 Å². The SMILES string of the molecule is Cc1cccc(CNC(=O)c2ccnc(Nc3ccccc3Br)c2)c1. The first-order valence-corrected chi connectivity index (χ1v) is 8.72. The first kappa shape index (κ1) is 17.2. The first-order chi connectivity index (χ1) is 12.1. The maximum Gasteiger partial charge on any atom is 0.251 e. The minimum Gasteiger partial charge on any atom is -0.348 e. The summed E-state index contributed by atoms with van der Waals surface area (Å²) in [7, 11) is 0. The maximum absolute atomic E-state index is 12.4. The van der Waals surface area contributed by atoms with Crippen molar-refractivity contribution in [3.63, 3.8) is 0 Å². The van der Waals surface area contributed by atoms with Crippen LogP contribution in [0.2, 0.25) is 0 Å². The van der Waals surface area contributed by atoms with Crippen molar-refractivity contribution in [3.05, 3.63) is 88.0 Å². The van der Waals surface area contributed by atoms with E-state index in [9.17, 15) is 4.79 Å². The Morgan fingerprint density at radius 1 is 1.08 bits per heavy atom. The van der Waals surface area contributed by atoms with Gasteiger partial charge >= 0.3 is 0 Å². The lowest BCUT2D eigenvalue weighted by Crippen LogP contribution is -2.23. The number of benzene rings is 2. The molecule has 2 aromatic carbocycles. The second-order valence-electron chi connectivity index (χ2n) is 5.71. The van der Waals surface area contributed by atoms with Gasteiger partial charge in [-0.25, -0.2) is 4.98 Å². The molecular formula is C20H18BrN3O. The molecule has 3 aromatic rings. The topological polar surface area (TPSA) is 54.0 Å². The van der Waals surface area contributed by atoms with Crippen molar-refractivity contribution in [2.75, 3.05) is 5.32 Å². The molecule has 3 rings (SSSR count). The number of aryl methyl sites for hydroxylation is 1. The summed E-state index contributed by atoms with van der Waals surface area (Å²) in [4.78, 5) is 16.7. The summed E-state index contributed by atoms with van der Waals surface area (Å²) in [5, 5.41) is 6.15. The number of pyridine rings is 1. The van der Waals surface area contributed by atoms with Crippen LogP contribution in [0.5, 0.6) is 0 Å². The summed E-state index contributed by atoms with van der Waals surface area (Å²) in [5.41, 5.74) is 3.72. The monoisotopic (exact) mass is 395 g/mol. The second-order valence-corrected chi connectivity index (χ2v) is 6.56. The third-order valence-corrected chi connectivity index (χ3v) is 4.39. The normalized spacial score (nSPS) is 10.3. The molecule has 0 bridgehead atoms. The Bertz CT molecular complexity index is 895. The second kappa shape index (κ2) is 7.94. The summed E-state index contributed by atoms with van der Waals surface area (Å²) < 4.78 is 0.936. The van der Waals surface area contributed by atoms with E-state index in [0.717, 1.165) is 15.7 Å². The number of rotatable bonds is 5. The molecule has 0 aliphatic heterocycles. The van der Waals surface area contributed by atoms with Crippen LogP contribution in [0.3, 0.4) is 0 Å². The lowest BCUT2D eigenvalue weighted by molar-refractivity contribution is 0.0951. The molecule has 126 valence electrons. The van der Waals surface area contributed by atoms with Crippen molar-refractivity contribution >= 4 is 33.3 Å². The van der Waals surface area contributed by atoms with Crippen LogP contribution < -0.4 is 10.6 Å². The van der Waals surface area contributed by atoms with Gasteiger partial charge in [0, 0.05) is 22.8 Å². The molecule has 4 nitrogen and oxygen atoms in total. The highest BCUT2D eigenvalue weighted by Crippen LogP contribution is 2.24. The van der Waals surface area contributed by atoms with E-state index in [1.54, 1.807) is 18.3 Å². The summed E-state index contributed by atoms with van der Waals surface area (Å²) in [6.07, 6.45) is 1.63. The van der Waals surface area contributed by atoms with Gasteiger partial charge in [0.1, 0.15) is 5.82 Å². The summed E-state index contributed by atoms with van der Waals surface area (Å²) in [5.74, 6) is 0.495. The Morgan fingerprint density at radius 2 is 1.92 bits per heavy atom. The van der Waals surface area contributed by atoms with Gasteiger partial charge in [-0.2, -0.15) is 0 Å². The molecule has 0 spiro atoms. The minimum absolute atomic E-state index is 0.126. The van der Waals surface area contributed by atoms with Crippen molar-refractivity contribution in [1.82, 2.24) is 10.3 Å². The van der Waals surface area contributed by atoms with E-state index in [1.165, 1.54) is 5.56 Å². The fourth-order valence-corrected chi connectivity index (χ4v) is 2.83. The molecule has 0 saturated heterocycles. The highest BCUT2D eigenvalue weighted by atomic mass is 79.9. The smallest absolute Gasteiger partial charge is 0.251 e. The molecule has 1 amide bonds. The first-order valence-electron chi connectivity index (χ1n) is 7.93. The van der Waals surface area contributed by atoms with Crippen molar-refractivity contribution in [1.29, 1.82) is 0 Å². The van der Waals surface area contributed by atoms with Crippen LogP contribution in [0.25, 0.3) is 0 Å². The molecule has 1 aromatic heterocycles. The number of nitrogens with one attached hydrogen (secondary N) is 2. The van der Waals surface area contributed by atoms with Crippen molar-refractivity contribution in [2.45, 2.75) is 13.5 Å². The van der Waals surface area contributed by atoms with Gasteiger partial charge in [0.25, 0.3) is 5.91 Å². The lowest BCUT2D eigenvalue weighted by Gasteiger charge is -2.10. The number of hydrogen-bond donors (Lipinski definition) is 2. The van der Waals surface area contributed by atoms with Crippen LogP contribution >= 0.6 is 15.9 Å². The molecule has 0 saturated carbocycles. The Balaban J connectivity index is 1.68. The number of para-hydroxylation sites is 1. The summed E-state index contributed by atoms with van der Waals surface area (Å²) >= 11 is 3.49. The predicted octanol–water partition coefficient (Wildman–Crippen LogP) is 4.83. The standard InChI is InChI=1S/C20H18BrN3O/c1-14-5-4-6-15(11-14)13-23-20(25)16-9-10-22-19(12-16)24-18-8-3-2-7-17(18)21/h2-12H,13H2,1H3,(H,22,24)(H,23,25). The van der Waals surface area contributed by atoms with Gasteiger partial charge in [0.05, 0.1) is 5.69 Å². The predicted molar refractivity (Wildman–Crippen MR) is 104 cm³/mol. The van der Waals surface area contributed by atoms with Gasteiger partial charge in [-0.05, 0) is 52.7 Å². The average molecular weight is 396 g/mol. The fourth-order valence-electron chi connectivity index (χ4n) is 2.45. The summed E-state index contributed by atoms with van der Waals surface area (Å²) in [6.45, 7) is 2.53. The number of halogens is 1. The Hall–Kier alpha value is -2.66. The van der Waals surface area contributed by atoms with Crippen LogP contribution in [-0.2, 0) is 6.54 Å². The van der Waals surface area contributed by atoms with E-state index in [0.29, 0.717) is 17.9 Å². The maximum atomic E-state index is 12.4. The van der Waals surface area contributed by atoms with Crippen LogP contribution in [-0.4, -0.2) is 10.9 Å². The molecule has 25 heavy (non-hydrogen) atoms. The Kier molecular flexibility index (Phi) is 5.46. The fraction of sp³-hybridized carbons (Fsp3) is 0.100. The molecule has 0 atom stereocenters. The van der Waals surface area contributed by atoms with Gasteiger partial charge in [-0.15, -0.1) is 0 Å². The largest absolute Gasteiger partial charge is 0.348 e. The quantitative estimate of drug-likeness (QED) is 0.650. The third kappa shape index (κ3) is 4.67. The van der Waals surface area contributed by atoms with Gasteiger partial charge < -0.3 is 10.6 Å². The molecule has 0 aliphatic rings. The lowest BCUT2D eigenvalue weighted by atomic mass is 10.1. The zero-order chi connectivity index (χ0) is 17.6. The van der Waals surface area contributed by atoms with E-state index in [1.807, 2.05) is 49.4 Å². The van der Waals surface area contributed by atoms with E-state index >= 15 is 0 Å². The van der Waals surface area contributed by atoms with E-state index in [-0.39, 0.29) is 5.91 Å². The van der Waals surface area contributed by atoms with Crippen molar-refractivity contribution < 1.29 is 4.79 Å². The number of aromatic nitrogens is 1. The molecular weight excluding hydrogens is 378 g/mol. The van der Waals surface area contributed by atoms with Crippen molar-refractivity contribution in [2.24, 2.45) is 0 Å². The molecule has 0 radical (unpaired) electrons. The van der Waals surface area contributed by atoms with Gasteiger partial charge in [-0.3, -0.25) is 4.79 Å². The van der Waals surface area contributed by atoms with Crippen LogP contribution in [0.4, 0.5) is 11.5 Å². The molecule has 0 aliphatic carbocycles. The third-order valence-electron chi connectivity index (χ3n) is 3.69. The Morgan fingerprint density at radius 3 is 2.72 bits per heavy atom. The number of carbonyl (C=O) groups excluding carboxylic acids is 1. The van der Waals surface area contributed by atoms with E-state index in [4.69, 9.17) is 0 Å². The molecule has 5 heteroatoms. The number of nitrogens with zero attached hydrogens (tertiary/aromatic N) is 1. The van der Waals surface area contributed by atoms with Crippen molar-refractivity contribution in [3.8, 4) is 0 Å². The molecule has 2 N–H and O–H groups in total. The van der Waals surface area contributed by atoms with Crippen LogP contribution in [0, 0.1) is 6.92 Å². The van der Waals surface area contributed by atoms with Gasteiger partial charge in [0.15, 0.2) is 0 Å². The van der Waals surface area contributed by atoms with E-state index in [2.05, 4.69) is 37.6 Å². The molecule has 0 fully saturated rings. The number of anilines is 2. The minimum atomic E-state index is -0.126. The molecule has 0 unspecified atom stereocenters. The number of carbonyl (C=O) groups is 1. The zero-order valence-corrected chi connectivity index (χ0v) is 15.4. The number of amides is 1.